The summed E-state index contributed by atoms with van der Waals surface area (Å²) in [4.78, 5) is 12.2. The fourth-order valence-corrected chi connectivity index (χ4v) is 2.01. The normalized spacial score (nSPS) is 11.0. The molecule has 1 aromatic carbocycles. The first-order valence-corrected chi connectivity index (χ1v) is 5.85. The third-order valence-corrected chi connectivity index (χ3v) is 3.10. The molecule has 0 bridgehead atoms. The number of rotatable bonds is 1. The van der Waals surface area contributed by atoms with Gasteiger partial charge in [-0.15, -0.1) is 0 Å². The molecule has 0 amide bonds. The summed E-state index contributed by atoms with van der Waals surface area (Å²) < 4.78 is 15.3. The summed E-state index contributed by atoms with van der Waals surface area (Å²) in [6.45, 7) is 0. The lowest BCUT2D eigenvalue weighted by Gasteiger charge is -2.04. The first kappa shape index (κ1) is 11.1. The average Bonchev–Trinajstić information content (AvgIpc) is 2.75. The minimum absolute atomic E-state index is 0.172. The van der Waals surface area contributed by atoms with Crippen molar-refractivity contribution in [3.63, 3.8) is 0 Å². The van der Waals surface area contributed by atoms with Crippen LogP contribution in [0.5, 0.6) is 0 Å². The Balaban J connectivity index is 2.24. The van der Waals surface area contributed by atoms with Crippen molar-refractivity contribution in [2.45, 2.75) is 0 Å². The third-order valence-electron chi connectivity index (χ3n) is 2.49. The van der Waals surface area contributed by atoms with Gasteiger partial charge < -0.3 is 5.73 Å². The van der Waals surface area contributed by atoms with Crippen LogP contribution in [0.15, 0.2) is 35.2 Å². The lowest BCUT2D eigenvalue weighted by Crippen LogP contribution is -1.98. The summed E-state index contributed by atoms with van der Waals surface area (Å²) in [7, 11) is 0. The van der Waals surface area contributed by atoms with Crippen LogP contribution in [0.3, 0.4) is 0 Å². The standard InChI is InChI=1S/C11H7BrFN5/c12-7-3-6(1-2-8(7)13)18-5-16-9-4-15-11(14)17-10(9)18/h1-5H,(H2,14,15,17). The van der Waals surface area contributed by atoms with Crippen molar-refractivity contribution in [3.05, 3.63) is 41.0 Å². The van der Waals surface area contributed by atoms with Crippen molar-refractivity contribution in [1.29, 1.82) is 0 Å². The summed E-state index contributed by atoms with van der Waals surface area (Å²) in [5.41, 5.74) is 7.50. The molecular weight excluding hydrogens is 301 g/mol. The van der Waals surface area contributed by atoms with Gasteiger partial charge in [0.1, 0.15) is 17.7 Å². The van der Waals surface area contributed by atoms with E-state index in [1.54, 1.807) is 29.2 Å². The summed E-state index contributed by atoms with van der Waals surface area (Å²) >= 11 is 3.14. The molecule has 0 aliphatic rings. The molecule has 90 valence electrons. The zero-order chi connectivity index (χ0) is 12.7. The fourth-order valence-electron chi connectivity index (χ4n) is 1.65. The Kier molecular flexibility index (Phi) is 2.48. The van der Waals surface area contributed by atoms with E-state index in [-0.39, 0.29) is 11.8 Å². The Bertz CT molecular complexity index is 739. The Morgan fingerprint density at radius 2 is 2.11 bits per heavy atom. The second-order valence-corrected chi connectivity index (χ2v) is 4.50. The van der Waals surface area contributed by atoms with Gasteiger partial charge in [0.05, 0.1) is 10.7 Å². The molecule has 0 fully saturated rings. The highest BCUT2D eigenvalue weighted by atomic mass is 79.9. The number of nitrogens with two attached hydrogens (primary N) is 1. The highest BCUT2D eigenvalue weighted by Crippen LogP contribution is 2.22. The highest BCUT2D eigenvalue weighted by Gasteiger charge is 2.08. The van der Waals surface area contributed by atoms with E-state index in [9.17, 15) is 4.39 Å². The highest BCUT2D eigenvalue weighted by molar-refractivity contribution is 9.10. The maximum atomic E-state index is 13.2. The van der Waals surface area contributed by atoms with Crippen molar-refractivity contribution in [3.8, 4) is 5.69 Å². The molecule has 0 spiro atoms. The maximum absolute atomic E-state index is 13.2. The number of fused-ring (bicyclic) bond motifs is 1. The van der Waals surface area contributed by atoms with Gasteiger partial charge in [-0.05, 0) is 34.1 Å². The van der Waals surface area contributed by atoms with Gasteiger partial charge in [0.2, 0.25) is 5.95 Å². The number of nitrogens with zero attached hydrogens (tertiary/aromatic N) is 4. The largest absolute Gasteiger partial charge is 0.368 e. The zero-order valence-electron chi connectivity index (χ0n) is 9.01. The molecule has 2 N–H and O–H groups in total. The number of hydrogen-bond donors (Lipinski definition) is 1. The van der Waals surface area contributed by atoms with Crippen LogP contribution in [-0.2, 0) is 0 Å². The van der Waals surface area contributed by atoms with Crippen LogP contribution in [0, 0.1) is 5.82 Å². The lowest BCUT2D eigenvalue weighted by molar-refractivity contribution is 0.620. The van der Waals surface area contributed by atoms with Gasteiger partial charge in [0, 0.05) is 5.69 Å². The number of anilines is 1. The van der Waals surface area contributed by atoms with Gasteiger partial charge in [-0.3, -0.25) is 4.57 Å². The molecular formula is C11H7BrFN5. The predicted molar refractivity (Wildman–Crippen MR) is 68.7 cm³/mol. The Morgan fingerprint density at radius 3 is 2.89 bits per heavy atom. The Labute approximate surface area is 110 Å². The molecule has 3 aromatic rings. The van der Waals surface area contributed by atoms with Crippen LogP contribution < -0.4 is 5.73 Å². The molecule has 7 heteroatoms. The van der Waals surface area contributed by atoms with E-state index in [1.807, 2.05) is 0 Å². The molecule has 0 atom stereocenters. The smallest absolute Gasteiger partial charge is 0.222 e. The van der Waals surface area contributed by atoms with Gasteiger partial charge in [-0.25, -0.2) is 14.4 Å². The van der Waals surface area contributed by atoms with E-state index in [4.69, 9.17) is 5.73 Å². The van der Waals surface area contributed by atoms with Crippen LogP contribution in [-0.4, -0.2) is 19.5 Å². The number of halogens is 2. The Morgan fingerprint density at radius 1 is 1.28 bits per heavy atom. The van der Waals surface area contributed by atoms with Crippen LogP contribution >= 0.6 is 15.9 Å². The maximum Gasteiger partial charge on any atom is 0.222 e. The van der Waals surface area contributed by atoms with Crippen LogP contribution in [0.4, 0.5) is 10.3 Å². The molecule has 0 saturated heterocycles. The molecule has 2 heterocycles. The number of nitrogen functional groups attached to an aromatic ring is 1. The minimum atomic E-state index is -0.322. The third kappa shape index (κ3) is 1.72. The van der Waals surface area contributed by atoms with Gasteiger partial charge in [0.25, 0.3) is 0 Å². The van der Waals surface area contributed by atoms with Gasteiger partial charge in [-0.1, -0.05) is 0 Å². The van der Waals surface area contributed by atoms with Crippen LogP contribution in [0.2, 0.25) is 0 Å². The van der Waals surface area contributed by atoms with E-state index in [0.29, 0.717) is 15.6 Å². The number of hydrogen-bond acceptors (Lipinski definition) is 4. The molecule has 0 aliphatic heterocycles. The van der Waals surface area contributed by atoms with Crippen LogP contribution in [0.1, 0.15) is 0 Å². The molecule has 5 nitrogen and oxygen atoms in total. The van der Waals surface area contributed by atoms with E-state index < -0.39 is 0 Å². The van der Waals surface area contributed by atoms with Crippen molar-refractivity contribution in [2.24, 2.45) is 0 Å². The summed E-state index contributed by atoms with van der Waals surface area (Å²) in [6.07, 6.45) is 3.14. The monoisotopic (exact) mass is 307 g/mol. The van der Waals surface area contributed by atoms with E-state index in [0.717, 1.165) is 5.69 Å². The van der Waals surface area contributed by atoms with Gasteiger partial charge in [-0.2, -0.15) is 4.98 Å². The topological polar surface area (TPSA) is 69.6 Å². The van der Waals surface area contributed by atoms with E-state index in [1.165, 1.54) is 6.07 Å². The first-order valence-electron chi connectivity index (χ1n) is 5.06. The fraction of sp³-hybridized carbons (Fsp3) is 0. The minimum Gasteiger partial charge on any atom is -0.368 e. The molecule has 18 heavy (non-hydrogen) atoms. The average molecular weight is 308 g/mol. The second-order valence-electron chi connectivity index (χ2n) is 3.65. The van der Waals surface area contributed by atoms with E-state index >= 15 is 0 Å². The molecule has 0 unspecified atom stereocenters. The zero-order valence-corrected chi connectivity index (χ0v) is 10.6. The number of aromatic nitrogens is 4. The Hall–Kier alpha value is -2.02. The molecule has 0 radical (unpaired) electrons. The van der Waals surface area contributed by atoms with Crippen molar-refractivity contribution >= 4 is 33.0 Å². The summed E-state index contributed by atoms with van der Waals surface area (Å²) in [5.74, 6) is -0.150. The number of imidazole rings is 1. The SMILES string of the molecule is Nc1ncc2ncn(-c3ccc(F)c(Br)c3)c2n1. The van der Waals surface area contributed by atoms with E-state index in [2.05, 4.69) is 30.9 Å². The van der Waals surface area contributed by atoms with Gasteiger partial charge >= 0.3 is 0 Å². The summed E-state index contributed by atoms with van der Waals surface area (Å²) in [5, 5.41) is 0. The molecule has 2 aromatic heterocycles. The van der Waals surface area contributed by atoms with Crippen molar-refractivity contribution in [1.82, 2.24) is 19.5 Å². The second kappa shape index (κ2) is 4.02. The van der Waals surface area contributed by atoms with Crippen LogP contribution in [0.25, 0.3) is 16.9 Å². The first-order chi connectivity index (χ1) is 8.65. The molecule has 3 rings (SSSR count). The van der Waals surface area contributed by atoms with Crippen molar-refractivity contribution in [2.75, 3.05) is 5.73 Å². The lowest BCUT2D eigenvalue weighted by atomic mass is 10.3. The summed E-state index contributed by atoms with van der Waals surface area (Å²) in [6, 6.07) is 4.66. The number of benzene rings is 1. The molecule has 0 saturated carbocycles. The predicted octanol–water partition coefficient (Wildman–Crippen LogP) is 2.30. The van der Waals surface area contributed by atoms with Crippen molar-refractivity contribution < 1.29 is 4.39 Å². The van der Waals surface area contributed by atoms with Gasteiger partial charge in [0.15, 0.2) is 5.65 Å². The quantitative estimate of drug-likeness (QED) is 0.749. The molecule has 0 aliphatic carbocycles.